The average Bonchev–Trinajstić information content (AvgIpc) is 3.22. The van der Waals surface area contributed by atoms with Gasteiger partial charge in [0.1, 0.15) is 22.8 Å². The predicted molar refractivity (Wildman–Crippen MR) is 120 cm³/mol. The Morgan fingerprint density at radius 2 is 1.88 bits per heavy atom. The highest BCUT2D eigenvalue weighted by Crippen LogP contribution is 2.32. The lowest BCUT2D eigenvalue weighted by Gasteiger charge is -2.19. The minimum absolute atomic E-state index is 0.0371. The first-order valence-corrected chi connectivity index (χ1v) is 12.1. The third kappa shape index (κ3) is 4.99. The second kappa shape index (κ2) is 9.20. The quantitative estimate of drug-likeness (QED) is 0.390. The zero-order valence-electron chi connectivity index (χ0n) is 17.2. The van der Waals surface area contributed by atoms with Gasteiger partial charge in [0.15, 0.2) is 20.8 Å². The molecule has 33 heavy (non-hydrogen) atoms. The molecule has 0 atom stereocenters. The lowest BCUT2D eigenvalue weighted by atomic mass is 10.3. The molecule has 0 saturated heterocycles. The van der Waals surface area contributed by atoms with Gasteiger partial charge in [0.05, 0.1) is 28.9 Å². The number of anilines is 1. The number of ether oxygens (including phenoxy) is 1. The van der Waals surface area contributed by atoms with E-state index in [2.05, 4.69) is 9.97 Å². The number of methoxy groups -OCH3 is 1. The Hall–Kier alpha value is -3.44. The summed E-state index contributed by atoms with van der Waals surface area (Å²) in [5.41, 5.74) is 0.367. The van der Waals surface area contributed by atoms with Crippen LogP contribution in [0.5, 0.6) is 5.75 Å². The zero-order chi connectivity index (χ0) is 23.6. The fraction of sp³-hybridized carbons (Fsp3) is 0.136. The molecule has 1 amide bonds. The van der Waals surface area contributed by atoms with Crippen molar-refractivity contribution < 1.29 is 26.7 Å². The van der Waals surface area contributed by atoms with Crippen LogP contribution in [0.3, 0.4) is 0 Å². The number of benzene rings is 2. The molecule has 0 radical (unpaired) electrons. The van der Waals surface area contributed by atoms with Crippen LogP contribution in [0.4, 0.5) is 13.9 Å². The number of halogens is 2. The highest BCUT2D eigenvalue weighted by atomic mass is 32.2. The lowest BCUT2D eigenvalue weighted by molar-refractivity contribution is -0.116. The molecule has 0 bridgehead atoms. The Kier molecular flexibility index (Phi) is 6.34. The third-order valence-electron chi connectivity index (χ3n) is 4.71. The summed E-state index contributed by atoms with van der Waals surface area (Å²) in [6, 6.07) is 12.5. The van der Waals surface area contributed by atoms with Crippen molar-refractivity contribution in [3.63, 3.8) is 0 Å². The highest BCUT2D eigenvalue weighted by Gasteiger charge is 2.27. The smallest absolute Gasteiger partial charge is 0.244 e. The van der Waals surface area contributed by atoms with Gasteiger partial charge >= 0.3 is 0 Å². The molecule has 7 nitrogen and oxygen atoms in total. The van der Waals surface area contributed by atoms with Crippen LogP contribution in [0, 0.1) is 11.6 Å². The van der Waals surface area contributed by atoms with Gasteiger partial charge in [0, 0.05) is 12.3 Å². The number of carbonyl (C=O) groups is 1. The third-order valence-corrected chi connectivity index (χ3v) is 7.35. The fourth-order valence-corrected chi connectivity index (χ4v) is 5.30. The van der Waals surface area contributed by atoms with E-state index >= 15 is 0 Å². The summed E-state index contributed by atoms with van der Waals surface area (Å²) in [7, 11) is -2.55. The van der Waals surface area contributed by atoms with Crippen molar-refractivity contribution in [1.29, 1.82) is 0 Å². The number of aromatic nitrogens is 2. The number of thiazole rings is 1. The van der Waals surface area contributed by atoms with E-state index in [0.717, 1.165) is 22.3 Å². The number of fused-ring (bicyclic) bond motifs is 1. The number of pyridine rings is 1. The number of hydrogen-bond acceptors (Lipinski definition) is 7. The molecular weight excluding hydrogens is 472 g/mol. The molecule has 0 spiro atoms. The number of sulfone groups is 1. The molecule has 2 aromatic carbocycles. The maximum absolute atomic E-state index is 14.2. The van der Waals surface area contributed by atoms with Crippen LogP contribution < -0.4 is 9.64 Å². The molecule has 4 rings (SSSR count). The molecule has 11 heteroatoms. The molecule has 0 fully saturated rings. The Morgan fingerprint density at radius 3 is 2.55 bits per heavy atom. The van der Waals surface area contributed by atoms with Crippen LogP contribution in [0.1, 0.15) is 5.69 Å². The van der Waals surface area contributed by atoms with E-state index in [-0.39, 0.29) is 26.8 Å². The molecule has 0 N–H and O–H groups in total. The van der Waals surface area contributed by atoms with Gasteiger partial charge in [-0.15, -0.1) is 0 Å². The first-order chi connectivity index (χ1) is 15.8. The van der Waals surface area contributed by atoms with Gasteiger partial charge in [0.2, 0.25) is 5.91 Å². The van der Waals surface area contributed by atoms with E-state index in [4.69, 9.17) is 4.74 Å². The summed E-state index contributed by atoms with van der Waals surface area (Å²) in [4.78, 5) is 22.6. The maximum Gasteiger partial charge on any atom is 0.244 e. The molecule has 0 aliphatic heterocycles. The molecule has 170 valence electrons. The number of rotatable bonds is 7. The summed E-state index contributed by atoms with van der Waals surface area (Å²) in [5, 5.41) is 0.0371. The van der Waals surface area contributed by atoms with Crippen LogP contribution in [0.25, 0.3) is 10.2 Å². The van der Waals surface area contributed by atoms with Crippen molar-refractivity contribution in [2.45, 2.75) is 11.4 Å². The van der Waals surface area contributed by atoms with Crippen LogP contribution in [-0.2, 0) is 21.2 Å². The largest absolute Gasteiger partial charge is 0.497 e. The second-order valence-electron chi connectivity index (χ2n) is 6.97. The van der Waals surface area contributed by atoms with E-state index in [1.807, 2.05) is 0 Å². The minimum Gasteiger partial charge on any atom is -0.497 e. The van der Waals surface area contributed by atoms with Crippen LogP contribution in [-0.4, -0.2) is 37.2 Å². The highest BCUT2D eigenvalue weighted by molar-refractivity contribution is 7.92. The molecule has 0 aliphatic carbocycles. The monoisotopic (exact) mass is 489 g/mol. The Balaban J connectivity index is 1.70. The van der Waals surface area contributed by atoms with Gasteiger partial charge in [-0.3, -0.25) is 14.7 Å². The Morgan fingerprint density at radius 1 is 1.12 bits per heavy atom. The molecule has 2 heterocycles. The molecule has 2 aromatic heterocycles. The number of carbonyl (C=O) groups excluding carboxylic acids is 1. The molecule has 0 saturated carbocycles. The molecule has 0 aliphatic rings. The van der Waals surface area contributed by atoms with Crippen molar-refractivity contribution in [2.24, 2.45) is 0 Å². The van der Waals surface area contributed by atoms with Crippen molar-refractivity contribution in [1.82, 2.24) is 9.97 Å². The van der Waals surface area contributed by atoms with Crippen molar-refractivity contribution in [3.05, 3.63) is 78.1 Å². The van der Waals surface area contributed by atoms with Gasteiger partial charge in [-0.25, -0.2) is 22.2 Å². The SMILES string of the molecule is COc1ccc(S(=O)(=O)CC(=O)N(Cc2ccccn2)c2nc3c(F)cc(F)cc3s2)cc1. The first kappa shape index (κ1) is 22.7. The molecule has 4 aromatic rings. The summed E-state index contributed by atoms with van der Waals surface area (Å²) < 4.78 is 58.8. The van der Waals surface area contributed by atoms with Crippen molar-refractivity contribution >= 4 is 42.4 Å². The van der Waals surface area contributed by atoms with Crippen molar-refractivity contribution in [2.75, 3.05) is 17.8 Å². The van der Waals surface area contributed by atoms with Crippen LogP contribution in [0.2, 0.25) is 0 Å². The lowest BCUT2D eigenvalue weighted by Crippen LogP contribution is -2.35. The van der Waals surface area contributed by atoms with Gasteiger partial charge < -0.3 is 4.74 Å². The van der Waals surface area contributed by atoms with E-state index in [1.165, 1.54) is 37.6 Å². The Labute approximate surface area is 192 Å². The zero-order valence-corrected chi connectivity index (χ0v) is 18.9. The molecular formula is C22H17F2N3O4S2. The van der Waals surface area contributed by atoms with Gasteiger partial charge in [-0.1, -0.05) is 17.4 Å². The topological polar surface area (TPSA) is 89.5 Å². The summed E-state index contributed by atoms with van der Waals surface area (Å²) in [6.07, 6.45) is 1.53. The summed E-state index contributed by atoms with van der Waals surface area (Å²) >= 11 is 0.883. The van der Waals surface area contributed by atoms with Crippen LogP contribution in [0.15, 0.2) is 65.7 Å². The molecule has 0 unspecified atom stereocenters. The summed E-state index contributed by atoms with van der Waals surface area (Å²) in [6.45, 7) is -0.0955. The number of amides is 1. The average molecular weight is 490 g/mol. The number of hydrogen-bond donors (Lipinski definition) is 0. The predicted octanol–water partition coefficient (Wildman–Crippen LogP) is 3.99. The van der Waals surface area contributed by atoms with E-state index < -0.39 is 33.1 Å². The normalized spacial score (nSPS) is 11.5. The van der Waals surface area contributed by atoms with Gasteiger partial charge in [-0.2, -0.15) is 0 Å². The number of nitrogens with zero attached hydrogens (tertiary/aromatic N) is 3. The van der Waals surface area contributed by atoms with E-state index in [0.29, 0.717) is 17.5 Å². The van der Waals surface area contributed by atoms with Crippen molar-refractivity contribution in [3.8, 4) is 5.75 Å². The van der Waals surface area contributed by atoms with Crippen LogP contribution >= 0.6 is 11.3 Å². The second-order valence-corrected chi connectivity index (χ2v) is 9.97. The minimum atomic E-state index is -4.00. The van der Waals surface area contributed by atoms with E-state index in [1.54, 1.807) is 18.2 Å². The Bertz CT molecular complexity index is 1410. The summed E-state index contributed by atoms with van der Waals surface area (Å²) in [5.74, 6) is -2.81. The van der Waals surface area contributed by atoms with Gasteiger partial charge in [-0.05, 0) is 42.5 Å². The fourth-order valence-electron chi connectivity index (χ4n) is 3.08. The first-order valence-electron chi connectivity index (χ1n) is 9.59. The van der Waals surface area contributed by atoms with E-state index in [9.17, 15) is 22.0 Å². The maximum atomic E-state index is 14.2. The standard InChI is InChI=1S/C22H17F2N3O4S2/c1-31-16-5-7-17(8-6-16)33(29,30)13-20(28)27(12-15-4-2-3-9-25-15)22-26-21-18(24)10-14(23)11-19(21)32-22/h2-11H,12-13H2,1H3. The van der Waals surface area contributed by atoms with Gasteiger partial charge in [0.25, 0.3) is 0 Å².